The van der Waals surface area contributed by atoms with Crippen LogP contribution in [0, 0.1) is 5.82 Å². The highest BCUT2D eigenvalue weighted by Gasteiger charge is 2.41. The van der Waals surface area contributed by atoms with E-state index in [0.717, 1.165) is 65.6 Å². The molecule has 3 aliphatic rings. The van der Waals surface area contributed by atoms with Crippen molar-refractivity contribution in [2.45, 2.75) is 50.7 Å². The van der Waals surface area contributed by atoms with Crippen LogP contribution in [0.3, 0.4) is 0 Å². The molecule has 2 amide bonds. The van der Waals surface area contributed by atoms with Gasteiger partial charge in [-0.25, -0.2) is 4.39 Å². The Kier molecular flexibility index (Phi) is 5.07. The van der Waals surface area contributed by atoms with Gasteiger partial charge in [0, 0.05) is 42.8 Å². The van der Waals surface area contributed by atoms with Crippen molar-refractivity contribution in [2.24, 2.45) is 5.73 Å². The number of aromatic nitrogens is 1. The summed E-state index contributed by atoms with van der Waals surface area (Å²) in [7, 11) is 0. The van der Waals surface area contributed by atoms with Gasteiger partial charge in [-0.1, -0.05) is 24.8 Å². The molecule has 3 N–H and O–H groups in total. The maximum Gasteiger partial charge on any atom is 0.250 e. The fraction of sp³-hybridized carbons (Fsp3) is 0.357. The summed E-state index contributed by atoms with van der Waals surface area (Å²) in [5, 5.41) is 0.737. The lowest BCUT2D eigenvalue weighted by Crippen LogP contribution is -2.35. The molecule has 180 valence electrons. The van der Waals surface area contributed by atoms with Gasteiger partial charge in [-0.05, 0) is 66.5 Å². The maximum atomic E-state index is 15.9. The molecule has 1 aromatic heterocycles. The van der Waals surface area contributed by atoms with Crippen molar-refractivity contribution in [2.75, 3.05) is 13.2 Å². The van der Waals surface area contributed by atoms with E-state index in [9.17, 15) is 9.59 Å². The molecule has 0 saturated carbocycles. The van der Waals surface area contributed by atoms with Crippen LogP contribution >= 0.6 is 0 Å². The monoisotopic (exact) mass is 473 g/mol. The van der Waals surface area contributed by atoms with Crippen LogP contribution in [0.1, 0.15) is 52.0 Å². The second-order valence-electron chi connectivity index (χ2n) is 9.95. The molecule has 1 unspecified atom stereocenters. The van der Waals surface area contributed by atoms with Gasteiger partial charge < -0.3 is 20.4 Å². The fourth-order valence-corrected chi connectivity index (χ4v) is 6.34. The van der Waals surface area contributed by atoms with Crippen molar-refractivity contribution >= 4 is 22.7 Å². The van der Waals surface area contributed by atoms with E-state index in [1.165, 1.54) is 12.1 Å². The molecule has 3 aromatic rings. The van der Waals surface area contributed by atoms with Gasteiger partial charge in [0.2, 0.25) is 5.91 Å². The van der Waals surface area contributed by atoms with E-state index in [0.29, 0.717) is 37.0 Å². The number of aromatic amines is 1. The minimum absolute atomic E-state index is 0.109. The number of ether oxygens (including phenoxy) is 1. The number of H-pyrrole nitrogens is 1. The van der Waals surface area contributed by atoms with Gasteiger partial charge in [-0.15, -0.1) is 0 Å². The first kappa shape index (κ1) is 22.0. The molecule has 2 aliphatic heterocycles. The molecular weight excluding hydrogens is 445 g/mol. The summed E-state index contributed by atoms with van der Waals surface area (Å²) in [6.45, 7) is 5.35. The Labute approximate surface area is 202 Å². The number of nitrogens with two attached hydrogens (primary N) is 1. The molecule has 1 saturated heterocycles. The normalized spacial score (nSPS) is 21.2. The second kappa shape index (κ2) is 8.05. The minimum Gasteiger partial charge on any atom is -0.375 e. The molecule has 35 heavy (non-hydrogen) atoms. The van der Waals surface area contributed by atoms with Crippen LogP contribution < -0.4 is 5.73 Å². The van der Waals surface area contributed by atoms with Crippen LogP contribution in [0.2, 0.25) is 0 Å². The van der Waals surface area contributed by atoms with E-state index in [4.69, 9.17) is 10.5 Å². The molecule has 0 bridgehead atoms. The summed E-state index contributed by atoms with van der Waals surface area (Å²) in [5.74, 6) is -1.22. The minimum atomic E-state index is -0.653. The maximum absolute atomic E-state index is 15.9. The van der Waals surface area contributed by atoms with Crippen LogP contribution in [-0.2, 0) is 35.3 Å². The van der Waals surface area contributed by atoms with Crippen LogP contribution in [0.15, 0.2) is 36.9 Å². The quantitative estimate of drug-likeness (QED) is 0.560. The number of halogens is 1. The van der Waals surface area contributed by atoms with Gasteiger partial charge in [0.05, 0.1) is 16.7 Å². The lowest BCUT2D eigenvalue weighted by atomic mass is 9.79. The smallest absolute Gasteiger partial charge is 0.250 e. The molecule has 1 spiro atoms. The van der Waals surface area contributed by atoms with E-state index in [1.807, 2.05) is 18.2 Å². The Morgan fingerprint density at radius 1 is 1.23 bits per heavy atom. The predicted octanol–water partition coefficient (Wildman–Crippen LogP) is 4.18. The van der Waals surface area contributed by atoms with Gasteiger partial charge in [0.1, 0.15) is 5.82 Å². The van der Waals surface area contributed by atoms with Crippen LogP contribution in [0.5, 0.6) is 0 Å². The topological polar surface area (TPSA) is 88.4 Å². The van der Waals surface area contributed by atoms with Gasteiger partial charge in [-0.3, -0.25) is 9.59 Å². The summed E-state index contributed by atoms with van der Waals surface area (Å²) in [6, 6.07) is 7.10. The van der Waals surface area contributed by atoms with Crippen LogP contribution in [-0.4, -0.2) is 40.5 Å². The van der Waals surface area contributed by atoms with Gasteiger partial charge >= 0.3 is 0 Å². The average Bonchev–Trinajstić information content (AvgIpc) is 3.47. The largest absolute Gasteiger partial charge is 0.375 e. The SMILES string of the molecule is C=CC(=O)N1CCc2c(cccc2-c2c(F)cc(C(N)=O)c3[nH]c4c(c23)CC2(CCCO2)CC4)C1. The zero-order valence-electron chi connectivity index (χ0n) is 19.6. The highest BCUT2D eigenvalue weighted by Crippen LogP contribution is 2.46. The number of nitrogens with one attached hydrogen (secondary N) is 1. The number of nitrogens with zero attached hydrogens (tertiary/aromatic N) is 1. The first-order valence-corrected chi connectivity index (χ1v) is 12.2. The summed E-state index contributed by atoms with van der Waals surface area (Å²) < 4.78 is 22.1. The van der Waals surface area contributed by atoms with Crippen LogP contribution in [0.4, 0.5) is 4.39 Å². The molecule has 3 heterocycles. The number of hydrogen-bond acceptors (Lipinski definition) is 3. The number of hydrogen-bond donors (Lipinski definition) is 2. The number of aryl methyl sites for hydroxylation is 1. The third-order valence-corrected chi connectivity index (χ3v) is 8.02. The standard InChI is InChI=1S/C28H28FN3O3/c1-2-23(33)32-11-8-17-16(15-32)5-3-6-18(17)24-21(29)13-19(27(30)34)26-25(24)20-14-28(9-4-12-35-28)10-7-22(20)31-26/h2-3,5-6,13,31H,1,4,7-12,14-15H2,(H2,30,34). The molecule has 0 radical (unpaired) electrons. The Morgan fingerprint density at radius 3 is 2.83 bits per heavy atom. The van der Waals surface area contributed by atoms with Crippen molar-refractivity contribution in [3.8, 4) is 11.1 Å². The highest BCUT2D eigenvalue weighted by atomic mass is 19.1. The van der Waals surface area contributed by atoms with E-state index >= 15 is 4.39 Å². The number of benzene rings is 2. The lowest BCUT2D eigenvalue weighted by molar-refractivity contribution is -0.126. The van der Waals surface area contributed by atoms with Crippen LogP contribution in [0.25, 0.3) is 22.0 Å². The number of primary amides is 1. The van der Waals surface area contributed by atoms with E-state index in [1.54, 1.807) is 4.90 Å². The Morgan fingerprint density at radius 2 is 2.09 bits per heavy atom. The summed E-state index contributed by atoms with van der Waals surface area (Å²) in [6.07, 6.45) is 6.33. The summed E-state index contributed by atoms with van der Waals surface area (Å²) in [5.41, 5.74) is 11.6. The summed E-state index contributed by atoms with van der Waals surface area (Å²) >= 11 is 0. The highest BCUT2D eigenvalue weighted by molar-refractivity contribution is 6.11. The van der Waals surface area contributed by atoms with Gasteiger partial charge in [-0.2, -0.15) is 0 Å². The van der Waals surface area contributed by atoms with Crippen molar-refractivity contribution in [3.63, 3.8) is 0 Å². The van der Waals surface area contributed by atoms with E-state index in [2.05, 4.69) is 11.6 Å². The fourth-order valence-electron chi connectivity index (χ4n) is 6.34. The zero-order chi connectivity index (χ0) is 24.3. The van der Waals surface area contributed by atoms with Crippen molar-refractivity contribution in [1.82, 2.24) is 9.88 Å². The third kappa shape index (κ3) is 3.40. The third-order valence-electron chi connectivity index (χ3n) is 8.02. The molecule has 2 aromatic carbocycles. The van der Waals surface area contributed by atoms with Crippen molar-refractivity contribution < 1.29 is 18.7 Å². The molecule has 7 heteroatoms. The first-order valence-electron chi connectivity index (χ1n) is 12.2. The number of carbonyl (C=O) groups excluding carboxylic acids is 2. The van der Waals surface area contributed by atoms with E-state index < -0.39 is 11.7 Å². The van der Waals surface area contributed by atoms with Gasteiger partial charge in [0.25, 0.3) is 5.91 Å². The van der Waals surface area contributed by atoms with Crippen molar-refractivity contribution in [1.29, 1.82) is 0 Å². The van der Waals surface area contributed by atoms with Crippen molar-refractivity contribution in [3.05, 3.63) is 70.7 Å². The number of fused-ring (bicyclic) bond motifs is 4. The zero-order valence-corrected chi connectivity index (χ0v) is 19.6. The Hall–Kier alpha value is -3.45. The number of rotatable bonds is 3. The first-order chi connectivity index (χ1) is 16.9. The molecule has 1 atom stereocenters. The number of carbonyl (C=O) groups is 2. The average molecular weight is 474 g/mol. The second-order valence-corrected chi connectivity index (χ2v) is 9.95. The molecular formula is C28H28FN3O3. The predicted molar refractivity (Wildman–Crippen MR) is 131 cm³/mol. The lowest BCUT2D eigenvalue weighted by Gasteiger charge is -2.33. The Bertz CT molecular complexity index is 1400. The Balaban J connectivity index is 1.58. The number of amides is 2. The molecule has 6 nitrogen and oxygen atoms in total. The van der Waals surface area contributed by atoms with E-state index in [-0.39, 0.29) is 17.1 Å². The summed E-state index contributed by atoms with van der Waals surface area (Å²) in [4.78, 5) is 29.7. The van der Waals surface area contributed by atoms with Gasteiger partial charge in [0.15, 0.2) is 0 Å². The molecule has 1 aliphatic carbocycles. The molecule has 1 fully saturated rings. The molecule has 6 rings (SSSR count).